The second-order valence-electron chi connectivity index (χ2n) is 6.27. The highest BCUT2D eigenvalue weighted by Crippen LogP contribution is 2.76. The molecular formula is C15H22. The molecule has 0 radical (unpaired) electrons. The third kappa shape index (κ3) is 1.03. The summed E-state index contributed by atoms with van der Waals surface area (Å²) in [6.07, 6.45) is 5.92. The Morgan fingerprint density at radius 1 is 0.933 bits per heavy atom. The van der Waals surface area contributed by atoms with E-state index < -0.39 is 0 Å². The minimum absolute atomic E-state index is 0.757. The molecule has 82 valence electrons. The molecule has 0 aromatic rings. The first kappa shape index (κ1) is 9.69. The van der Waals surface area contributed by atoms with Crippen LogP contribution in [0.4, 0.5) is 0 Å². The Kier molecular flexibility index (Phi) is 1.80. The van der Waals surface area contributed by atoms with Crippen LogP contribution in [0.5, 0.6) is 0 Å². The molecule has 0 aliphatic heterocycles. The molecule has 0 aromatic carbocycles. The summed E-state index contributed by atoms with van der Waals surface area (Å²) in [6, 6.07) is 0. The molecule has 4 unspecified atom stereocenters. The summed E-state index contributed by atoms with van der Waals surface area (Å²) >= 11 is 0. The maximum atomic E-state index is 4.24. The Hall–Kier alpha value is -0.520. The Morgan fingerprint density at radius 2 is 1.33 bits per heavy atom. The summed E-state index contributed by atoms with van der Waals surface area (Å²) in [4.78, 5) is 0. The first-order valence-corrected chi connectivity index (χ1v) is 6.39. The Labute approximate surface area is 93.5 Å². The molecule has 0 N–H and O–H groups in total. The van der Waals surface area contributed by atoms with Gasteiger partial charge in [0.05, 0.1) is 0 Å². The zero-order chi connectivity index (χ0) is 10.8. The molecule has 0 heterocycles. The van der Waals surface area contributed by atoms with E-state index in [2.05, 4.69) is 27.0 Å². The smallest absolute Gasteiger partial charge is 0.0107 e. The van der Waals surface area contributed by atoms with Crippen molar-refractivity contribution in [2.24, 2.45) is 29.1 Å². The molecule has 0 heteroatoms. The fraction of sp³-hybridized carbons (Fsp3) is 0.733. The van der Waals surface area contributed by atoms with Crippen molar-refractivity contribution in [2.75, 3.05) is 0 Å². The van der Waals surface area contributed by atoms with Gasteiger partial charge in [0.25, 0.3) is 0 Å². The van der Waals surface area contributed by atoms with Crippen molar-refractivity contribution in [3.8, 4) is 0 Å². The molecule has 0 nitrogen and oxygen atoms in total. The van der Waals surface area contributed by atoms with Crippen molar-refractivity contribution in [2.45, 2.75) is 39.5 Å². The van der Waals surface area contributed by atoms with Crippen molar-refractivity contribution in [1.29, 1.82) is 0 Å². The molecule has 15 heavy (non-hydrogen) atoms. The molecule has 3 rings (SSSR count). The van der Waals surface area contributed by atoms with E-state index in [4.69, 9.17) is 0 Å². The van der Waals surface area contributed by atoms with E-state index >= 15 is 0 Å². The number of hydrogen-bond donors (Lipinski definition) is 0. The zero-order valence-corrected chi connectivity index (χ0v) is 10.1. The fourth-order valence-electron chi connectivity index (χ4n) is 4.97. The van der Waals surface area contributed by atoms with E-state index in [1.165, 1.54) is 36.8 Å². The van der Waals surface area contributed by atoms with Gasteiger partial charge >= 0.3 is 0 Å². The summed E-state index contributed by atoms with van der Waals surface area (Å²) in [7, 11) is 0. The summed E-state index contributed by atoms with van der Waals surface area (Å²) in [6.45, 7) is 12.9. The quantitative estimate of drug-likeness (QED) is 0.589. The van der Waals surface area contributed by atoms with Crippen LogP contribution in [0.25, 0.3) is 0 Å². The van der Waals surface area contributed by atoms with Crippen LogP contribution in [0.2, 0.25) is 0 Å². The molecular weight excluding hydrogens is 180 g/mol. The molecule has 3 saturated carbocycles. The van der Waals surface area contributed by atoms with E-state index in [0.29, 0.717) is 0 Å². The highest BCUT2D eigenvalue weighted by Gasteiger charge is 2.68. The average Bonchev–Trinajstić information content (AvgIpc) is 2.81. The largest absolute Gasteiger partial charge is 0.0998 e. The van der Waals surface area contributed by atoms with Crippen molar-refractivity contribution in [3.63, 3.8) is 0 Å². The minimum atomic E-state index is 0.757. The maximum absolute atomic E-state index is 4.24. The van der Waals surface area contributed by atoms with E-state index in [0.717, 1.165) is 29.1 Å². The van der Waals surface area contributed by atoms with Gasteiger partial charge in [-0.3, -0.25) is 0 Å². The Morgan fingerprint density at radius 3 is 1.60 bits per heavy atom. The molecule has 4 atom stereocenters. The highest BCUT2D eigenvalue weighted by atomic mass is 14.7. The van der Waals surface area contributed by atoms with Crippen molar-refractivity contribution >= 4 is 0 Å². The predicted octanol–water partition coefficient (Wildman–Crippen LogP) is 4.19. The van der Waals surface area contributed by atoms with E-state index in [-0.39, 0.29) is 0 Å². The molecule has 0 aromatic heterocycles. The second kappa shape index (κ2) is 2.78. The van der Waals surface area contributed by atoms with Gasteiger partial charge in [-0.1, -0.05) is 24.3 Å². The number of allylic oxidation sites excluding steroid dienone is 2. The maximum Gasteiger partial charge on any atom is -0.0107 e. The standard InChI is InChI=1S/C15H22/c1-9(2)13-11-5-6-12(14(13)10(3)4)15(11)7-8-15/h11-14H,1,3,5-8H2,2,4H3. The highest BCUT2D eigenvalue weighted by molar-refractivity contribution is 5.27. The van der Waals surface area contributed by atoms with E-state index in [1.54, 1.807) is 0 Å². The SMILES string of the molecule is C=C(C)C1C(C(=C)C)C2CCC1C21CC1. The van der Waals surface area contributed by atoms with Gasteiger partial charge in [-0.2, -0.15) is 0 Å². The molecule has 0 amide bonds. The Bertz CT molecular complexity index is 302. The zero-order valence-electron chi connectivity index (χ0n) is 10.1. The lowest BCUT2D eigenvalue weighted by Gasteiger charge is -2.31. The first-order valence-electron chi connectivity index (χ1n) is 6.39. The monoisotopic (exact) mass is 202 g/mol. The summed E-state index contributed by atoms with van der Waals surface area (Å²) < 4.78 is 0. The summed E-state index contributed by atoms with van der Waals surface area (Å²) in [5.74, 6) is 3.45. The van der Waals surface area contributed by atoms with Gasteiger partial charge in [0.1, 0.15) is 0 Å². The van der Waals surface area contributed by atoms with Gasteiger partial charge in [0.2, 0.25) is 0 Å². The van der Waals surface area contributed by atoms with Gasteiger partial charge in [-0.05, 0) is 68.6 Å². The summed E-state index contributed by atoms with van der Waals surface area (Å²) in [5, 5.41) is 0. The topological polar surface area (TPSA) is 0 Å². The lowest BCUT2D eigenvalue weighted by Crippen LogP contribution is -2.23. The van der Waals surface area contributed by atoms with Crippen LogP contribution in [-0.4, -0.2) is 0 Å². The van der Waals surface area contributed by atoms with Gasteiger partial charge in [0.15, 0.2) is 0 Å². The lowest BCUT2D eigenvalue weighted by molar-refractivity contribution is 0.292. The number of hydrogen-bond acceptors (Lipinski definition) is 0. The molecule has 1 spiro atoms. The molecule has 2 bridgehead atoms. The van der Waals surface area contributed by atoms with Crippen molar-refractivity contribution in [1.82, 2.24) is 0 Å². The van der Waals surface area contributed by atoms with E-state index in [1.807, 2.05) is 0 Å². The van der Waals surface area contributed by atoms with Crippen LogP contribution in [-0.2, 0) is 0 Å². The predicted molar refractivity (Wildman–Crippen MR) is 64.5 cm³/mol. The summed E-state index contributed by atoms with van der Waals surface area (Å²) in [5.41, 5.74) is 3.59. The van der Waals surface area contributed by atoms with Crippen molar-refractivity contribution in [3.05, 3.63) is 24.3 Å². The molecule has 3 aliphatic carbocycles. The van der Waals surface area contributed by atoms with Crippen LogP contribution in [0.3, 0.4) is 0 Å². The van der Waals surface area contributed by atoms with Gasteiger partial charge < -0.3 is 0 Å². The normalized spacial score (nSPS) is 44.7. The first-order chi connectivity index (χ1) is 7.08. The van der Waals surface area contributed by atoms with Gasteiger partial charge in [-0.15, -0.1) is 0 Å². The number of rotatable bonds is 2. The Balaban J connectivity index is 2.01. The molecule has 3 aliphatic rings. The second-order valence-corrected chi connectivity index (χ2v) is 6.27. The lowest BCUT2D eigenvalue weighted by atomic mass is 9.73. The van der Waals surface area contributed by atoms with E-state index in [9.17, 15) is 0 Å². The van der Waals surface area contributed by atoms with Gasteiger partial charge in [-0.25, -0.2) is 0 Å². The minimum Gasteiger partial charge on any atom is -0.0998 e. The van der Waals surface area contributed by atoms with Gasteiger partial charge in [0, 0.05) is 0 Å². The van der Waals surface area contributed by atoms with Crippen LogP contribution >= 0.6 is 0 Å². The van der Waals surface area contributed by atoms with Crippen LogP contribution < -0.4 is 0 Å². The average molecular weight is 202 g/mol. The van der Waals surface area contributed by atoms with Crippen molar-refractivity contribution < 1.29 is 0 Å². The van der Waals surface area contributed by atoms with Crippen LogP contribution in [0, 0.1) is 29.1 Å². The van der Waals surface area contributed by atoms with Crippen LogP contribution in [0.1, 0.15) is 39.5 Å². The third-order valence-corrected chi connectivity index (χ3v) is 5.48. The third-order valence-electron chi connectivity index (χ3n) is 5.48. The molecule has 0 saturated heterocycles. The fourth-order valence-corrected chi connectivity index (χ4v) is 4.97. The van der Waals surface area contributed by atoms with Crippen LogP contribution in [0.15, 0.2) is 24.3 Å². The molecule has 3 fully saturated rings.